The van der Waals surface area contributed by atoms with E-state index in [1.54, 1.807) is 0 Å². The molecular formula is C9H16N4O3S. The minimum atomic E-state index is -3.11. The molecule has 0 bridgehead atoms. The first-order chi connectivity index (χ1) is 8.03. The molecule has 0 saturated carbocycles. The maximum atomic E-state index is 11.1. The SMILES string of the molecule is CS(=O)(=O)Cc1noc(CN2CCNCC2)n1. The molecule has 0 amide bonds. The largest absolute Gasteiger partial charge is 0.338 e. The van der Waals surface area contributed by atoms with Gasteiger partial charge in [0.05, 0.1) is 6.54 Å². The summed E-state index contributed by atoms with van der Waals surface area (Å²) in [5.74, 6) is 0.543. The van der Waals surface area contributed by atoms with Crippen LogP contribution in [0.15, 0.2) is 4.52 Å². The lowest BCUT2D eigenvalue weighted by molar-refractivity contribution is 0.203. The van der Waals surface area contributed by atoms with E-state index in [-0.39, 0.29) is 11.6 Å². The Balaban J connectivity index is 1.93. The second-order valence-corrected chi connectivity index (χ2v) is 6.34. The van der Waals surface area contributed by atoms with Crippen molar-refractivity contribution < 1.29 is 12.9 Å². The van der Waals surface area contributed by atoms with Gasteiger partial charge in [-0.2, -0.15) is 4.98 Å². The van der Waals surface area contributed by atoms with Crippen molar-refractivity contribution in [2.24, 2.45) is 0 Å². The van der Waals surface area contributed by atoms with Crippen molar-refractivity contribution in [1.82, 2.24) is 20.4 Å². The van der Waals surface area contributed by atoms with Crippen LogP contribution in [0.2, 0.25) is 0 Å². The molecule has 0 aliphatic carbocycles. The Hall–Kier alpha value is -0.990. The molecule has 1 aromatic rings. The van der Waals surface area contributed by atoms with Crippen molar-refractivity contribution in [3.63, 3.8) is 0 Å². The van der Waals surface area contributed by atoms with Crippen LogP contribution in [0.25, 0.3) is 0 Å². The smallest absolute Gasteiger partial charge is 0.240 e. The molecule has 1 saturated heterocycles. The number of sulfone groups is 1. The highest BCUT2D eigenvalue weighted by Crippen LogP contribution is 2.05. The van der Waals surface area contributed by atoms with Gasteiger partial charge < -0.3 is 9.84 Å². The third kappa shape index (κ3) is 4.06. The molecule has 17 heavy (non-hydrogen) atoms. The van der Waals surface area contributed by atoms with Crippen LogP contribution < -0.4 is 5.32 Å². The fraction of sp³-hybridized carbons (Fsp3) is 0.778. The zero-order valence-corrected chi connectivity index (χ0v) is 10.5. The van der Waals surface area contributed by atoms with Gasteiger partial charge in [-0.15, -0.1) is 0 Å². The molecule has 1 fully saturated rings. The maximum Gasteiger partial charge on any atom is 0.240 e. The number of nitrogens with one attached hydrogen (secondary N) is 1. The molecule has 1 N–H and O–H groups in total. The summed E-state index contributed by atoms with van der Waals surface area (Å²) in [5.41, 5.74) is 0. The number of piperazine rings is 1. The minimum Gasteiger partial charge on any atom is -0.338 e. The third-order valence-corrected chi connectivity index (χ3v) is 3.25. The summed E-state index contributed by atoms with van der Waals surface area (Å²) in [6.45, 7) is 4.35. The van der Waals surface area contributed by atoms with Gasteiger partial charge in [-0.1, -0.05) is 5.16 Å². The van der Waals surface area contributed by atoms with Crippen LogP contribution >= 0.6 is 0 Å². The van der Waals surface area contributed by atoms with Gasteiger partial charge in [0, 0.05) is 32.4 Å². The molecular weight excluding hydrogens is 244 g/mol. The van der Waals surface area contributed by atoms with Crippen molar-refractivity contribution in [2.75, 3.05) is 32.4 Å². The minimum absolute atomic E-state index is 0.169. The average molecular weight is 260 g/mol. The highest BCUT2D eigenvalue weighted by atomic mass is 32.2. The van der Waals surface area contributed by atoms with Crippen LogP contribution in [0.4, 0.5) is 0 Å². The Morgan fingerprint density at radius 2 is 2.12 bits per heavy atom. The zero-order valence-electron chi connectivity index (χ0n) is 9.72. The molecule has 2 heterocycles. The van der Waals surface area contributed by atoms with Gasteiger partial charge in [0.2, 0.25) is 5.89 Å². The van der Waals surface area contributed by atoms with Crippen LogP contribution in [0, 0.1) is 0 Å². The maximum absolute atomic E-state index is 11.1. The van der Waals surface area contributed by atoms with Crippen molar-refractivity contribution in [3.8, 4) is 0 Å². The second kappa shape index (κ2) is 5.11. The summed E-state index contributed by atoms with van der Waals surface area (Å²) in [7, 11) is -3.11. The summed E-state index contributed by atoms with van der Waals surface area (Å²) < 4.78 is 27.1. The molecule has 0 spiro atoms. The van der Waals surface area contributed by atoms with Crippen molar-refractivity contribution in [3.05, 3.63) is 11.7 Å². The lowest BCUT2D eigenvalue weighted by atomic mass is 10.3. The van der Waals surface area contributed by atoms with E-state index >= 15 is 0 Å². The number of hydrogen-bond donors (Lipinski definition) is 1. The lowest BCUT2D eigenvalue weighted by Gasteiger charge is -2.25. The fourth-order valence-electron chi connectivity index (χ4n) is 1.71. The zero-order chi connectivity index (χ0) is 12.3. The molecule has 0 atom stereocenters. The van der Waals surface area contributed by atoms with Crippen molar-refractivity contribution >= 4 is 9.84 Å². The quantitative estimate of drug-likeness (QED) is 0.744. The van der Waals surface area contributed by atoms with E-state index in [0.29, 0.717) is 12.4 Å². The summed E-state index contributed by atoms with van der Waals surface area (Å²) in [6.07, 6.45) is 1.15. The molecule has 7 nitrogen and oxygen atoms in total. The van der Waals surface area contributed by atoms with Crippen LogP contribution in [-0.4, -0.2) is 55.9 Å². The fourth-order valence-corrected chi connectivity index (χ4v) is 2.29. The molecule has 0 unspecified atom stereocenters. The predicted molar refractivity (Wildman–Crippen MR) is 61.0 cm³/mol. The Kier molecular flexibility index (Phi) is 3.75. The van der Waals surface area contributed by atoms with E-state index in [2.05, 4.69) is 20.4 Å². The summed E-state index contributed by atoms with van der Waals surface area (Å²) in [5, 5.41) is 6.91. The number of rotatable bonds is 4. The topological polar surface area (TPSA) is 88.3 Å². The van der Waals surface area contributed by atoms with Crippen LogP contribution in [0.5, 0.6) is 0 Å². The molecule has 1 aliphatic rings. The monoisotopic (exact) mass is 260 g/mol. The van der Waals surface area contributed by atoms with Crippen LogP contribution in [0.3, 0.4) is 0 Å². The average Bonchev–Trinajstić information content (AvgIpc) is 2.64. The van der Waals surface area contributed by atoms with Crippen LogP contribution in [-0.2, 0) is 22.1 Å². The molecule has 96 valence electrons. The summed E-state index contributed by atoms with van der Waals surface area (Å²) >= 11 is 0. The van der Waals surface area contributed by atoms with Crippen molar-refractivity contribution in [1.29, 1.82) is 0 Å². The predicted octanol–water partition coefficient (Wildman–Crippen LogP) is -0.981. The van der Waals surface area contributed by atoms with E-state index in [4.69, 9.17) is 4.52 Å². The van der Waals surface area contributed by atoms with Gasteiger partial charge >= 0.3 is 0 Å². The van der Waals surface area contributed by atoms with Gasteiger partial charge in [0.15, 0.2) is 15.7 Å². The Labute approximate surface area is 100 Å². The molecule has 0 radical (unpaired) electrons. The highest BCUT2D eigenvalue weighted by molar-refractivity contribution is 7.89. The Morgan fingerprint density at radius 1 is 1.41 bits per heavy atom. The summed E-state index contributed by atoms with van der Waals surface area (Å²) in [6, 6.07) is 0. The van der Waals surface area contributed by atoms with Gasteiger partial charge in [-0.25, -0.2) is 8.42 Å². The normalized spacial score (nSPS) is 18.4. The molecule has 0 aromatic carbocycles. The first kappa shape index (κ1) is 12.5. The first-order valence-electron chi connectivity index (χ1n) is 5.45. The number of hydrogen-bond acceptors (Lipinski definition) is 7. The number of nitrogens with zero attached hydrogens (tertiary/aromatic N) is 3. The third-order valence-electron chi connectivity index (χ3n) is 2.47. The first-order valence-corrected chi connectivity index (χ1v) is 7.51. The number of aromatic nitrogens is 2. The highest BCUT2D eigenvalue weighted by Gasteiger charge is 2.16. The standard InChI is InChI=1S/C9H16N4O3S/c1-17(14,15)7-8-11-9(16-12-8)6-13-4-2-10-3-5-13/h10H,2-7H2,1H3. The van der Waals surface area contributed by atoms with Gasteiger partial charge in [0.25, 0.3) is 0 Å². The van der Waals surface area contributed by atoms with Gasteiger partial charge in [-0.3, -0.25) is 4.90 Å². The van der Waals surface area contributed by atoms with E-state index in [1.807, 2.05) is 0 Å². The van der Waals surface area contributed by atoms with E-state index < -0.39 is 9.84 Å². The molecule has 2 rings (SSSR count). The second-order valence-electron chi connectivity index (χ2n) is 4.20. The molecule has 1 aliphatic heterocycles. The molecule has 1 aromatic heterocycles. The van der Waals surface area contributed by atoms with Gasteiger partial charge in [0.1, 0.15) is 5.75 Å². The molecule has 8 heteroatoms. The summed E-state index contributed by atoms with van der Waals surface area (Å²) in [4.78, 5) is 6.26. The van der Waals surface area contributed by atoms with E-state index in [1.165, 1.54) is 0 Å². The van der Waals surface area contributed by atoms with Crippen molar-refractivity contribution in [2.45, 2.75) is 12.3 Å². The van der Waals surface area contributed by atoms with Gasteiger partial charge in [-0.05, 0) is 0 Å². The Morgan fingerprint density at radius 3 is 2.76 bits per heavy atom. The van der Waals surface area contributed by atoms with Crippen LogP contribution in [0.1, 0.15) is 11.7 Å². The lowest BCUT2D eigenvalue weighted by Crippen LogP contribution is -2.42. The Bertz CT molecular complexity index is 464. The van der Waals surface area contributed by atoms with E-state index in [0.717, 1.165) is 32.4 Å². The van der Waals surface area contributed by atoms with E-state index in [9.17, 15) is 8.42 Å².